The summed E-state index contributed by atoms with van der Waals surface area (Å²) < 4.78 is 13.3. The molecule has 2 N–H and O–H groups in total. The summed E-state index contributed by atoms with van der Waals surface area (Å²) in [5.74, 6) is 0.431. The van der Waals surface area contributed by atoms with E-state index >= 15 is 0 Å². The molecule has 2 nitrogen and oxygen atoms in total. The van der Waals surface area contributed by atoms with Gasteiger partial charge in [0.15, 0.2) is 0 Å². The molecule has 1 aromatic carbocycles. The van der Waals surface area contributed by atoms with Gasteiger partial charge in [0.25, 0.3) is 0 Å². The van der Waals surface area contributed by atoms with E-state index in [0.717, 1.165) is 18.2 Å². The van der Waals surface area contributed by atoms with E-state index in [4.69, 9.17) is 18.0 Å². The molecular formula is C15H21FN2S. The quantitative estimate of drug-likeness (QED) is 0.856. The number of rotatable bonds is 4. The molecule has 1 aliphatic rings. The minimum atomic E-state index is -0.294. The fourth-order valence-corrected chi connectivity index (χ4v) is 3.06. The molecule has 0 spiro atoms. The lowest BCUT2D eigenvalue weighted by atomic mass is 9.89. The highest BCUT2D eigenvalue weighted by molar-refractivity contribution is 7.80. The van der Waals surface area contributed by atoms with Crippen LogP contribution in [-0.4, -0.2) is 18.6 Å². The van der Waals surface area contributed by atoms with Crippen LogP contribution >= 0.6 is 12.2 Å². The van der Waals surface area contributed by atoms with Gasteiger partial charge in [-0.3, -0.25) is 0 Å². The smallest absolute Gasteiger partial charge is 0.124 e. The maximum absolute atomic E-state index is 13.3. The van der Waals surface area contributed by atoms with Gasteiger partial charge in [-0.2, -0.15) is 0 Å². The molecule has 0 atom stereocenters. The van der Waals surface area contributed by atoms with E-state index in [0.29, 0.717) is 5.56 Å². The maximum Gasteiger partial charge on any atom is 0.124 e. The molecule has 0 bridgehead atoms. The fourth-order valence-electron chi connectivity index (χ4n) is 2.89. The Hall–Kier alpha value is -1.16. The third-order valence-electron chi connectivity index (χ3n) is 3.89. The van der Waals surface area contributed by atoms with Gasteiger partial charge in [0, 0.05) is 24.8 Å². The summed E-state index contributed by atoms with van der Waals surface area (Å²) in [5.41, 5.74) is 7.26. The molecule has 2 rings (SSSR count). The van der Waals surface area contributed by atoms with Crippen LogP contribution in [0.25, 0.3) is 0 Å². The zero-order valence-electron chi connectivity index (χ0n) is 11.4. The summed E-state index contributed by atoms with van der Waals surface area (Å²) in [4.78, 5) is 2.41. The molecule has 4 heteroatoms. The van der Waals surface area contributed by atoms with Crippen LogP contribution in [0.1, 0.15) is 37.7 Å². The van der Waals surface area contributed by atoms with Gasteiger partial charge in [-0.25, -0.2) is 4.39 Å². The second-order valence-corrected chi connectivity index (χ2v) is 5.85. The number of hydrogen-bond donors (Lipinski definition) is 1. The van der Waals surface area contributed by atoms with E-state index in [2.05, 4.69) is 4.90 Å². The first-order chi connectivity index (χ1) is 9.08. The van der Waals surface area contributed by atoms with Gasteiger partial charge >= 0.3 is 0 Å². The van der Waals surface area contributed by atoms with Crippen molar-refractivity contribution in [1.82, 2.24) is 0 Å². The number of halogens is 1. The average molecular weight is 280 g/mol. The van der Waals surface area contributed by atoms with E-state index < -0.39 is 0 Å². The standard InChI is InChI=1S/C15H21FN2S/c1-18(10-11-5-3-2-4-6-11)14-8-7-12(16)9-13(14)15(17)19/h7-9,11H,2-6,10H2,1H3,(H2,17,19). The van der Waals surface area contributed by atoms with Crippen LogP contribution in [-0.2, 0) is 0 Å². The van der Waals surface area contributed by atoms with Crippen molar-refractivity contribution in [3.63, 3.8) is 0 Å². The summed E-state index contributed by atoms with van der Waals surface area (Å²) in [7, 11) is 2.03. The summed E-state index contributed by atoms with van der Waals surface area (Å²) >= 11 is 5.02. The molecule has 0 amide bonds. The number of thiocarbonyl (C=S) groups is 1. The van der Waals surface area contributed by atoms with Crippen molar-refractivity contribution in [2.45, 2.75) is 32.1 Å². The SMILES string of the molecule is CN(CC1CCCCC1)c1ccc(F)cc1C(N)=S. The van der Waals surface area contributed by atoms with E-state index in [1.54, 1.807) is 6.07 Å². The first-order valence-electron chi connectivity index (χ1n) is 6.88. The molecule has 1 aliphatic carbocycles. The van der Waals surface area contributed by atoms with Crippen LogP contribution in [0.5, 0.6) is 0 Å². The van der Waals surface area contributed by atoms with Gasteiger partial charge in [-0.15, -0.1) is 0 Å². The second-order valence-electron chi connectivity index (χ2n) is 5.41. The maximum atomic E-state index is 13.3. The second kappa shape index (κ2) is 6.33. The molecule has 1 aromatic rings. The minimum Gasteiger partial charge on any atom is -0.389 e. The van der Waals surface area contributed by atoms with Crippen molar-refractivity contribution in [2.24, 2.45) is 11.7 Å². The van der Waals surface area contributed by atoms with E-state index in [1.165, 1.54) is 44.2 Å². The molecule has 1 fully saturated rings. The third kappa shape index (κ3) is 3.66. The average Bonchev–Trinajstić information content (AvgIpc) is 2.39. The lowest BCUT2D eigenvalue weighted by Crippen LogP contribution is -2.28. The zero-order valence-corrected chi connectivity index (χ0v) is 12.2. The number of nitrogens with two attached hydrogens (primary N) is 1. The molecule has 1 saturated carbocycles. The Morgan fingerprint density at radius 2 is 2.05 bits per heavy atom. The Balaban J connectivity index is 2.13. The van der Waals surface area contributed by atoms with Gasteiger partial charge in [0.05, 0.1) is 0 Å². The lowest BCUT2D eigenvalue weighted by Gasteiger charge is -2.29. The topological polar surface area (TPSA) is 29.3 Å². The van der Waals surface area contributed by atoms with Crippen molar-refractivity contribution in [2.75, 3.05) is 18.5 Å². The van der Waals surface area contributed by atoms with Crippen molar-refractivity contribution < 1.29 is 4.39 Å². The van der Waals surface area contributed by atoms with Crippen LogP contribution < -0.4 is 10.6 Å². The van der Waals surface area contributed by atoms with Crippen LogP contribution in [0.3, 0.4) is 0 Å². The van der Waals surface area contributed by atoms with Crippen molar-refractivity contribution in [3.05, 3.63) is 29.6 Å². The monoisotopic (exact) mass is 280 g/mol. The first-order valence-corrected chi connectivity index (χ1v) is 7.29. The Labute approximate surface area is 119 Å². The number of nitrogens with zero attached hydrogens (tertiary/aromatic N) is 1. The Morgan fingerprint density at radius 1 is 1.37 bits per heavy atom. The van der Waals surface area contributed by atoms with Gasteiger partial charge in [0.1, 0.15) is 10.8 Å². The van der Waals surface area contributed by atoms with E-state index in [9.17, 15) is 4.39 Å². The zero-order chi connectivity index (χ0) is 13.8. The summed E-state index contributed by atoms with van der Waals surface area (Å²) in [6.45, 7) is 0.987. The van der Waals surface area contributed by atoms with Gasteiger partial charge in [-0.1, -0.05) is 31.5 Å². The van der Waals surface area contributed by atoms with E-state index in [1.807, 2.05) is 7.05 Å². The third-order valence-corrected chi connectivity index (χ3v) is 4.11. The first kappa shape index (κ1) is 14.3. The van der Waals surface area contributed by atoms with Crippen LogP contribution in [0.2, 0.25) is 0 Å². The van der Waals surface area contributed by atoms with Gasteiger partial charge in [-0.05, 0) is 37.0 Å². The Morgan fingerprint density at radius 3 is 2.68 bits per heavy atom. The molecule has 19 heavy (non-hydrogen) atoms. The van der Waals surface area contributed by atoms with Crippen LogP contribution in [0.4, 0.5) is 10.1 Å². The van der Waals surface area contributed by atoms with Crippen molar-refractivity contribution in [1.29, 1.82) is 0 Å². The molecule has 0 heterocycles. The summed E-state index contributed by atoms with van der Waals surface area (Å²) in [6.07, 6.45) is 6.57. The Kier molecular flexibility index (Phi) is 4.75. The van der Waals surface area contributed by atoms with Crippen LogP contribution in [0.15, 0.2) is 18.2 Å². The summed E-state index contributed by atoms with van der Waals surface area (Å²) in [5, 5.41) is 0. The van der Waals surface area contributed by atoms with Gasteiger partial charge in [0.2, 0.25) is 0 Å². The normalized spacial score (nSPS) is 16.3. The molecular weight excluding hydrogens is 259 g/mol. The van der Waals surface area contributed by atoms with Gasteiger partial charge < -0.3 is 10.6 Å². The molecule has 104 valence electrons. The summed E-state index contributed by atoms with van der Waals surface area (Å²) in [6, 6.07) is 4.66. The molecule has 0 unspecified atom stereocenters. The molecule has 0 radical (unpaired) electrons. The fraction of sp³-hybridized carbons (Fsp3) is 0.533. The highest BCUT2D eigenvalue weighted by atomic mass is 32.1. The predicted molar refractivity (Wildman–Crippen MR) is 82.1 cm³/mol. The lowest BCUT2D eigenvalue weighted by molar-refractivity contribution is 0.362. The van der Waals surface area contributed by atoms with Crippen molar-refractivity contribution >= 4 is 22.9 Å². The molecule has 0 aliphatic heterocycles. The minimum absolute atomic E-state index is 0.255. The number of anilines is 1. The molecule has 0 aromatic heterocycles. The molecule has 0 saturated heterocycles. The van der Waals surface area contributed by atoms with Crippen molar-refractivity contribution in [3.8, 4) is 0 Å². The largest absolute Gasteiger partial charge is 0.389 e. The highest BCUT2D eigenvalue weighted by Crippen LogP contribution is 2.27. The number of benzene rings is 1. The van der Waals surface area contributed by atoms with E-state index in [-0.39, 0.29) is 10.8 Å². The Bertz CT molecular complexity index is 455. The van der Waals surface area contributed by atoms with Crippen LogP contribution in [0, 0.1) is 11.7 Å². The highest BCUT2D eigenvalue weighted by Gasteiger charge is 2.18. The predicted octanol–water partition coefficient (Wildman–Crippen LogP) is 3.48. The number of hydrogen-bond acceptors (Lipinski definition) is 2.